The summed E-state index contributed by atoms with van der Waals surface area (Å²) >= 11 is 4.96. The first-order valence-corrected chi connectivity index (χ1v) is 6.43. The Kier molecular flexibility index (Phi) is 5.45. The van der Waals surface area contributed by atoms with Crippen molar-refractivity contribution in [3.8, 4) is 5.75 Å². The van der Waals surface area contributed by atoms with Gasteiger partial charge in [0.25, 0.3) is 0 Å². The number of aryl methyl sites for hydroxylation is 1. The van der Waals surface area contributed by atoms with Gasteiger partial charge in [-0.3, -0.25) is 4.79 Å². The summed E-state index contributed by atoms with van der Waals surface area (Å²) in [5.74, 6) is -1.74. The van der Waals surface area contributed by atoms with Crippen molar-refractivity contribution >= 4 is 34.9 Å². The van der Waals surface area contributed by atoms with Crippen molar-refractivity contribution in [2.24, 2.45) is 0 Å². The highest BCUT2D eigenvalue weighted by atomic mass is 32.1. The summed E-state index contributed by atoms with van der Waals surface area (Å²) in [5, 5.41) is 23.9. The lowest BCUT2D eigenvalue weighted by molar-refractivity contribution is -0.119. The van der Waals surface area contributed by atoms with E-state index in [0.29, 0.717) is 24.1 Å². The number of carboxylic acid groups (broad SMARTS) is 1. The first-order valence-electron chi connectivity index (χ1n) is 6.02. The molecule has 4 N–H and O–H groups in total. The Labute approximate surface area is 121 Å². The Morgan fingerprint density at radius 2 is 2.00 bits per heavy atom. The Bertz CT molecular complexity index is 558. The number of hydrogen-bond acceptors (Lipinski definition) is 4. The minimum atomic E-state index is -1.24. The zero-order valence-corrected chi connectivity index (χ0v) is 12.0. The van der Waals surface area contributed by atoms with Gasteiger partial charge in [0.2, 0.25) is 5.91 Å². The number of benzene rings is 1. The van der Waals surface area contributed by atoms with Crippen LogP contribution < -0.4 is 10.6 Å². The third kappa shape index (κ3) is 4.20. The van der Waals surface area contributed by atoms with Crippen molar-refractivity contribution in [2.45, 2.75) is 26.7 Å². The Morgan fingerprint density at radius 3 is 2.55 bits per heavy atom. The molecule has 1 rings (SSSR count). The van der Waals surface area contributed by atoms with E-state index < -0.39 is 5.97 Å². The van der Waals surface area contributed by atoms with Crippen LogP contribution in [0.3, 0.4) is 0 Å². The fraction of sp³-hybridized carbons (Fsp3) is 0.308. The zero-order chi connectivity index (χ0) is 15.3. The summed E-state index contributed by atoms with van der Waals surface area (Å²) < 4.78 is 0. The quantitative estimate of drug-likeness (QED) is 0.501. The van der Waals surface area contributed by atoms with Crippen LogP contribution in [0.4, 0.5) is 5.69 Å². The number of carbonyl (C=O) groups is 2. The van der Waals surface area contributed by atoms with Crippen molar-refractivity contribution < 1.29 is 19.8 Å². The topological polar surface area (TPSA) is 98.7 Å². The number of aromatic hydroxyl groups is 1. The van der Waals surface area contributed by atoms with E-state index in [4.69, 9.17) is 17.3 Å². The summed E-state index contributed by atoms with van der Waals surface area (Å²) in [4.78, 5) is 22.4. The molecule has 0 unspecified atom stereocenters. The Balaban J connectivity index is 2.85. The standard InChI is InChI=1S/C13H16N2O4S/c1-3-4-10(16)15-13(20)14-8-5-7(2)11(17)9(6-8)12(18)19/h5-6,17H,3-4H2,1-2H3,(H,18,19)(H2,14,15,16,20). The molecule has 0 atom stereocenters. The van der Waals surface area contributed by atoms with Crippen molar-refractivity contribution in [1.29, 1.82) is 0 Å². The molecule has 1 amide bonds. The number of carbonyl (C=O) groups excluding carboxylic acids is 1. The van der Waals surface area contributed by atoms with E-state index in [-0.39, 0.29) is 22.3 Å². The highest BCUT2D eigenvalue weighted by Crippen LogP contribution is 2.26. The number of rotatable bonds is 4. The average molecular weight is 296 g/mol. The SMILES string of the molecule is CCCC(=O)NC(=S)Nc1cc(C)c(O)c(C(=O)O)c1. The van der Waals surface area contributed by atoms with Gasteiger partial charge in [0.1, 0.15) is 11.3 Å². The van der Waals surface area contributed by atoms with E-state index in [9.17, 15) is 14.7 Å². The van der Waals surface area contributed by atoms with Gasteiger partial charge in [-0.2, -0.15) is 0 Å². The molecule has 20 heavy (non-hydrogen) atoms. The third-order valence-electron chi connectivity index (χ3n) is 2.52. The lowest BCUT2D eigenvalue weighted by atomic mass is 10.1. The van der Waals surface area contributed by atoms with E-state index in [1.807, 2.05) is 6.92 Å². The van der Waals surface area contributed by atoms with E-state index in [1.54, 1.807) is 13.0 Å². The second kappa shape index (κ2) is 6.85. The van der Waals surface area contributed by atoms with Gasteiger partial charge in [0.05, 0.1) is 0 Å². The summed E-state index contributed by atoms with van der Waals surface area (Å²) in [6.45, 7) is 3.45. The summed E-state index contributed by atoms with van der Waals surface area (Å²) in [7, 11) is 0. The Hall–Kier alpha value is -2.15. The normalized spacial score (nSPS) is 9.90. The number of nitrogens with one attached hydrogen (secondary N) is 2. The average Bonchev–Trinajstić information content (AvgIpc) is 2.33. The molecule has 0 heterocycles. The van der Waals surface area contributed by atoms with Crippen LogP contribution in [-0.2, 0) is 4.79 Å². The van der Waals surface area contributed by atoms with Crippen molar-refractivity contribution in [3.05, 3.63) is 23.3 Å². The second-order valence-corrected chi connectivity index (χ2v) is 4.66. The predicted molar refractivity (Wildman–Crippen MR) is 79.1 cm³/mol. The number of phenols is 1. The maximum atomic E-state index is 11.4. The fourth-order valence-electron chi connectivity index (χ4n) is 1.59. The summed E-state index contributed by atoms with van der Waals surface area (Å²) in [5.41, 5.74) is 0.560. The maximum Gasteiger partial charge on any atom is 0.339 e. The first-order chi connectivity index (χ1) is 9.35. The fourth-order valence-corrected chi connectivity index (χ4v) is 1.82. The van der Waals surface area contributed by atoms with Gasteiger partial charge in [-0.15, -0.1) is 0 Å². The highest BCUT2D eigenvalue weighted by molar-refractivity contribution is 7.80. The molecule has 7 heteroatoms. The maximum absolute atomic E-state index is 11.4. The van der Waals surface area contributed by atoms with E-state index >= 15 is 0 Å². The minimum Gasteiger partial charge on any atom is -0.507 e. The van der Waals surface area contributed by atoms with Crippen LogP contribution in [-0.4, -0.2) is 27.2 Å². The number of aromatic carboxylic acids is 1. The van der Waals surface area contributed by atoms with Crippen LogP contribution in [0.15, 0.2) is 12.1 Å². The van der Waals surface area contributed by atoms with Crippen molar-refractivity contribution in [3.63, 3.8) is 0 Å². The predicted octanol–water partition coefficient (Wildman–Crippen LogP) is 2.01. The molecule has 0 spiro atoms. The summed E-state index contributed by atoms with van der Waals surface area (Å²) in [6.07, 6.45) is 1.06. The third-order valence-corrected chi connectivity index (χ3v) is 2.72. The van der Waals surface area contributed by atoms with Crippen molar-refractivity contribution in [2.75, 3.05) is 5.32 Å². The molecule has 0 bridgehead atoms. The zero-order valence-electron chi connectivity index (χ0n) is 11.2. The van der Waals surface area contributed by atoms with Gasteiger partial charge in [-0.1, -0.05) is 6.92 Å². The number of thiocarbonyl (C=S) groups is 1. The van der Waals surface area contributed by atoms with Crippen molar-refractivity contribution in [1.82, 2.24) is 5.32 Å². The van der Waals surface area contributed by atoms with E-state index in [2.05, 4.69) is 10.6 Å². The van der Waals surface area contributed by atoms with Gasteiger partial charge in [-0.25, -0.2) is 4.79 Å². The second-order valence-electron chi connectivity index (χ2n) is 4.25. The summed E-state index contributed by atoms with van der Waals surface area (Å²) in [6, 6.07) is 2.79. The monoisotopic (exact) mass is 296 g/mol. The molecule has 108 valence electrons. The molecule has 0 radical (unpaired) electrons. The smallest absolute Gasteiger partial charge is 0.339 e. The van der Waals surface area contributed by atoms with Crippen LogP contribution in [0.2, 0.25) is 0 Å². The first kappa shape index (κ1) is 15.9. The highest BCUT2D eigenvalue weighted by Gasteiger charge is 2.14. The van der Waals surface area contributed by atoms with Crippen LogP contribution in [0.1, 0.15) is 35.7 Å². The number of amides is 1. The van der Waals surface area contributed by atoms with Crippen LogP contribution in [0, 0.1) is 6.92 Å². The van der Waals surface area contributed by atoms with Gasteiger partial charge >= 0.3 is 5.97 Å². The molecule has 0 saturated heterocycles. The largest absolute Gasteiger partial charge is 0.507 e. The molecular weight excluding hydrogens is 280 g/mol. The molecule has 1 aromatic carbocycles. The van der Waals surface area contributed by atoms with E-state index in [0.717, 1.165) is 0 Å². The lowest BCUT2D eigenvalue weighted by Gasteiger charge is -2.12. The van der Waals surface area contributed by atoms with Crippen LogP contribution >= 0.6 is 12.2 Å². The molecular formula is C13H16N2O4S. The molecule has 0 aliphatic rings. The van der Waals surface area contributed by atoms with Gasteiger partial charge < -0.3 is 20.8 Å². The van der Waals surface area contributed by atoms with E-state index in [1.165, 1.54) is 6.07 Å². The molecule has 0 aliphatic carbocycles. The number of carboxylic acids is 1. The minimum absolute atomic E-state index is 0.0879. The van der Waals surface area contributed by atoms with Gasteiger partial charge in [-0.05, 0) is 43.3 Å². The molecule has 0 aliphatic heterocycles. The molecule has 0 fully saturated rings. The number of anilines is 1. The molecule has 1 aromatic rings. The lowest BCUT2D eigenvalue weighted by Crippen LogP contribution is -2.33. The van der Waals surface area contributed by atoms with Gasteiger partial charge in [0.15, 0.2) is 5.11 Å². The van der Waals surface area contributed by atoms with Gasteiger partial charge in [0, 0.05) is 12.1 Å². The Morgan fingerprint density at radius 1 is 1.35 bits per heavy atom. The molecule has 0 saturated carbocycles. The van der Waals surface area contributed by atoms with Crippen LogP contribution in [0.5, 0.6) is 5.75 Å². The number of hydrogen-bond donors (Lipinski definition) is 4. The van der Waals surface area contributed by atoms with Crippen LogP contribution in [0.25, 0.3) is 0 Å². The molecule has 0 aromatic heterocycles. The molecule has 6 nitrogen and oxygen atoms in total.